The molecule has 0 N–H and O–H groups in total. The standard InChI is InChI=1S/C32H51N.C5H12S.C2H4.C2H2/c1-10-12-14-15-27-22-25(4)31(29-21-24(3)16-19-30(29)32(6,7)8)28(23-27)18-17-26(5)33(9)20-13-11-2;1-5(2)4-6-3;2*1-2/h17-18,21-23,29-30H,5,10-16,19-20H2,1-4,6-9H3;5H,4H2,1-3H3;1-2H2;1-2H/b18-17-;;;. The van der Waals surface area contributed by atoms with Crippen LogP contribution in [-0.4, -0.2) is 30.5 Å². The number of likely N-dealkylation sites (N-methyl/N-ethyl adjacent to an activating group) is 1. The largest absolute Gasteiger partial charge is 0.375 e. The fourth-order valence-corrected chi connectivity index (χ4v) is 6.40. The van der Waals surface area contributed by atoms with Crippen LogP contribution >= 0.6 is 11.8 Å². The summed E-state index contributed by atoms with van der Waals surface area (Å²) >= 11 is 1.91. The highest BCUT2D eigenvalue weighted by Gasteiger charge is 2.35. The van der Waals surface area contributed by atoms with Crippen molar-refractivity contribution in [3.05, 3.63) is 77.5 Å². The molecule has 0 saturated carbocycles. The predicted octanol–water partition coefficient (Wildman–Crippen LogP) is 12.5. The number of hydrogen-bond acceptors (Lipinski definition) is 2. The van der Waals surface area contributed by atoms with E-state index in [2.05, 4.69) is 143 Å². The molecule has 43 heavy (non-hydrogen) atoms. The minimum absolute atomic E-state index is 0.291. The first-order valence-corrected chi connectivity index (χ1v) is 18.0. The van der Waals surface area contributed by atoms with Crippen molar-refractivity contribution in [2.45, 2.75) is 120 Å². The van der Waals surface area contributed by atoms with Crippen molar-refractivity contribution >= 4 is 17.8 Å². The van der Waals surface area contributed by atoms with E-state index < -0.39 is 0 Å². The number of nitrogens with zero attached hydrogens (tertiary/aromatic N) is 1. The van der Waals surface area contributed by atoms with Crippen LogP contribution in [0.3, 0.4) is 0 Å². The van der Waals surface area contributed by atoms with Crippen LogP contribution in [0.5, 0.6) is 0 Å². The Kier molecular flexibility index (Phi) is 24.3. The monoisotopic (exact) mass is 608 g/mol. The second-order valence-corrected chi connectivity index (χ2v) is 14.3. The molecule has 1 aromatic rings. The van der Waals surface area contributed by atoms with Gasteiger partial charge in [-0.15, -0.1) is 26.0 Å². The Bertz CT molecular complexity index is 971. The van der Waals surface area contributed by atoms with Crippen molar-refractivity contribution in [3.63, 3.8) is 0 Å². The number of rotatable bonds is 13. The lowest BCUT2D eigenvalue weighted by atomic mass is 9.64. The zero-order valence-electron chi connectivity index (χ0n) is 30.3. The van der Waals surface area contributed by atoms with Crippen LogP contribution in [0.1, 0.15) is 129 Å². The van der Waals surface area contributed by atoms with Gasteiger partial charge in [-0.2, -0.15) is 11.8 Å². The molecule has 0 aliphatic heterocycles. The Morgan fingerprint density at radius 1 is 1.07 bits per heavy atom. The highest BCUT2D eigenvalue weighted by Crippen LogP contribution is 2.47. The third-order valence-electron chi connectivity index (χ3n) is 8.03. The van der Waals surface area contributed by atoms with Crippen LogP contribution in [0, 0.1) is 37.0 Å². The van der Waals surface area contributed by atoms with Gasteiger partial charge in [0, 0.05) is 25.2 Å². The number of benzene rings is 1. The molecule has 0 fully saturated rings. The van der Waals surface area contributed by atoms with Crippen molar-refractivity contribution in [2.75, 3.05) is 25.6 Å². The molecule has 244 valence electrons. The first-order chi connectivity index (χ1) is 20.3. The maximum atomic E-state index is 4.36. The van der Waals surface area contributed by atoms with Crippen LogP contribution in [-0.2, 0) is 6.42 Å². The highest BCUT2D eigenvalue weighted by atomic mass is 32.2. The fourth-order valence-electron chi connectivity index (χ4n) is 5.73. The number of hydrogen-bond donors (Lipinski definition) is 0. The quantitative estimate of drug-likeness (QED) is 0.0949. The first kappa shape index (κ1) is 43.0. The predicted molar refractivity (Wildman–Crippen MR) is 203 cm³/mol. The zero-order chi connectivity index (χ0) is 33.6. The molecule has 2 unspecified atom stereocenters. The van der Waals surface area contributed by atoms with Crippen molar-refractivity contribution < 1.29 is 0 Å². The van der Waals surface area contributed by atoms with Gasteiger partial charge in [-0.25, -0.2) is 0 Å². The number of aryl methyl sites for hydroxylation is 2. The Labute approximate surface area is 274 Å². The van der Waals surface area contributed by atoms with E-state index in [1.165, 1.54) is 79.4 Å². The second-order valence-electron chi connectivity index (χ2n) is 13.4. The number of allylic oxidation sites excluding steroid dienone is 3. The summed E-state index contributed by atoms with van der Waals surface area (Å²) in [6.07, 6.45) is 27.3. The van der Waals surface area contributed by atoms with Crippen LogP contribution in [0.15, 0.2) is 55.3 Å². The summed E-state index contributed by atoms with van der Waals surface area (Å²) in [6, 6.07) is 4.95. The zero-order valence-corrected chi connectivity index (χ0v) is 31.1. The molecule has 1 aromatic carbocycles. The molecule has 0 aromatic heterocycles. The summed E-state index contributed by atoms with van der Waals surface area (Å²) < 4.78 is 0. The summed E-state index contributed by atoms with van der Waals surface area (Å²) in [6.45, 7) is 32.4. The third kappa shape index (κ3) is 17.1. The first-order valence-electron chi connectivity index (χ1n) is 16.6. The minimum atomic E-state index is 0.291. The van der Waals surface area contributed by atoms with Crippen molar-refractivity contribution in [1.82, 2.24) is 4.90 Å². The fraction of sp³-hybridized carbons (Fsp3) is 0.610. The molecule has 0 spiro atoms. The van der Waals surface area contributed by atoms with Crippen molar-refractivity contribution in [2.24, 2.45) is 17.3 Å². The van der Waals surface area contributed by atoms with Crippen molar-refractivity contribution in [3.8, 4) is 12.8 Å². The van der Waals surface area contributed by atoms with E-state index in [-0.39, 0.29) is 0 Å². The molecule has 2 heteroatoms. The third-order valence-corrected chi connectivity index (χ3v) is 9.03. The number of unbranched alkanes of at least 4 members (excludes halogenated alkanes) is 3. The highest BCUT2D eigenvalue weighted by molar-refractivity contribution is 7.98. The van der Waals surface area contributed by atoms with Gasteiger partial charge in [-0.05, 0) is 104 Å². The molecule has 0 radical (unpaired) electrons. The normalized spacial score (nSPS) is 16.2. The van der Waals surface area contributed by atoms with E-state index in [1.54, 1.807) is 5.57 Å². The van der Waals surface area contributed by atoms with Crippen LogP contribution < -0.4 is 0 Å². The van der Waals surface area contributed by atoms with E-state index in [0.717, 1.165) is 18.2 Å². The van der Waals surface area contributed by atoms with Gasteiger partial charge in [0.1, 0.15) is 0 Å². The average molecular weight is 608 g/mol. The van der Waals surface area contributed by atoms with E-state index in [9.17, 15) is 0 Å². The Morgan fingerprint density at radius 3 is 2.16 bits per heavy atom. The maximum absolute atomic E-state index is 4.36. The lowest BCUT2D eigenvalue weighted by Gasteiger charge is -2.40. The van der Waals surface area contributed by atoms with Gasteiger partial charge in [0.25, 0.3) is 0 Å². The molecule has 0 bridgehead atoms. The molecule has 1 aliphatic carbocycles. The van der Waals surface area contributed by atoms with E-state index in [0.29, 0.717) is 17.3 Å². The average Bonchev–Trinajstić information content (AvgIpc) is 2.96. The van der Waals surface area contributed by atoms with Crippen LogP contribution in [0.2, 0.25) is 0 Å². The molecule has 0 saturated heterocycles. The molecule has 0 heterocycles. The summed E-state index contributed by atoms with van der Waals surface area (Å²) in [7, 11) is 2.17. The van der Waals surface area contributed by atoms with Gasteiger partial charge in [0.2, 0.25) is 0 Å². The molecule has 1 nitrogen and oxygen atoms in total. The van der Waals surface area contributed by atoms with Gasteiger partial charge < -0.3 is 4.90 Å². The summed E-state index contributed by atoms with van der Waals surface area (Å²) in [5.41, 5.74) is 8.82. The Hall–Kier alpha value is -2.11. The lowest BCUT2D eigenvalue weighted by Crippen LogP contribution is -2.29. The van der Waals surface area contributed by atoms with Gasteiger partial charge in [-0.3, -0.25) is 0 Å². The van der Waals surface area contributed by atoms with Crippen molar-refractivity contribution in [1.29, 1.82) is 0 Å². The SMILES string of the molecule is C#C.C=C.C=C(/C=C\c1cc(CCCCC)cc(C)c1C1C=C(C)CCC1C(C)(C)C)N(C)CCCC.CSCC(C)C. The van der Waals surface area contributed by atoms with E-state index in [4.69, 9.17) is 0 Å². The second kappa shape index (κ2) is 24.2. The molecule has 1 aliphatic rings. The van der Waals surface area contributed by atoms with E-state index >= 15 is 0 Å². The van der Waals surface area contributed by atoms with Gasteiger partial charge >= 0.3 is 0 Å². The molecule has 2 atom stereocenters. The smallest absolute Gasteiger partial charge is 0.0290 e. The van der Waals surface area contributed by atoms with Gasteiger partial charge in [0.05, 0.1) is 0 Å². The minimum Gasteiger partial charge on any atom is -0.375 e. The Morgan fingerprint density at radius 2 is 1.67 bits per heavy atom. The lowest BCUT2D eigenvalue weighted by molar-refractivity contribution is 0.197. The Balaban J connectivity index is 0. The molecule has 0 amide bonds. The topological polar surface area (TPSA) is 3.24 Å². The van der Waals surface area contributed by atoms with Gasteiger partial charge in [0.15, 0.2) is 0 Å². The van der Waals surface area contributed by atoms with Crippen LogP contribution in [0.4, 0.5) is 0 Å². The molecular formula is C41H69NS. The van der Waals surface area contributed by atoms with Gasteiger partial charge in [-0.1, -0.05) is 104 Å². The number of terminal acetylenes is 1. The van der Waals surface area contributed by atoms with Crippen LogP contribution in [0.25, 0.3) is 6.08 Å². The number of thioether (sulfide) groups is 1. The molecular weight excluding hydrogens is 539 g/mol. The summed E-state index contributed by atoms with van der Waals surface area (Å²) in [4.78, 5) is 2.29. The maximum Gasteiger partial charge on any atom is 0.0290 e. The summed E-state index contributed by atoms with van der Waals surface area (Å²) in [5, 5.41) is 0. The molecule has 2 rings (SSSR count). The van der Waals surface area contributed by atoms with E-state index in [1.807, 2.05) is 11.8 Å². The summed E-state index contributed by atoms with van der Waals surface area (Å²) in [5.74, 6) is 3.29.